The molecular formula is C22H27N3O5. The molecule has 160 valence electrons. The molecule has 0 unspecified atom stereocenters. The fourth-order valence-corrected chi connectivity index (χ4v) is 2.78. The maximum atomic E-state index is 12.7. The average molecular weight is 413 g/mol. The van der Waals surface area contributed by atoms with Crippen molar-refractivity contribution in [3.8, 4) is 5.75 Å². The van der Waals surface area contributed by atoms with E-state index in [0.29, 0.717) is 5.56 Å². The van der Waals surface area contributed by atoms with Crippen molar-refractivity contribution in [2.75, 3.05) is 0 Å². The molecule has 5 N–H and O–H groups in total. The van der Waals surface area contributed by atoms with Gasteiger partial charge >= 0.3 is 6.09 Å². The van der Waals surface area contributed by atoms with E-state index in [-0.39, 0.29) is 24.7 Å². The summed E-state index contributed by atoms with van der Waals surface area (Å²) in [4.78, 5) is 36.7. The van der Waals surface area contributed by atoms with Crippen LogP contribution in [-0.2, 0) is 27.4 Å². The van der Waals surface area contributed by atoms with E-state index in [4.69, 9.17) is 10.5 Å². The van der Waals surface area contributed by atoms with Crippen LogP contribution in [-0.4, -0.2) is 35.1 Å². The Morgan fingerprint density at radius 1 is 0.967 bits per heavy atom. The summed E-state index contributed by atoms with van der Waals surface area (Å²) in [6.07, 6.45) is -0.577. The number of benzene rings is 2. The molecule has 0 aliphatic rings. The highest BCUT2D eigenvalue weighted by Crippen LogP contribution is 2.12. The van der Waals surface area contributed by atoms with E-state index in [9.17, 15) is 19.5 Å². The van der Waals surface area contributed by atoms with E-state index < -0.39 is 30.0 Å². The van der Waals surface area contributed by atoms with E-state index >= 15 is 0 Å². The second-order valence-corrected chi connectivity index (χ2v) is 7.26. The Balaban J connectivity index is 1.97. The quantitative estimate of drug-likeness (QED) is 0.498. The van der Waals surface area contributed by atoms with Crippen molar-refractivity contribution in [3.05, 3.63) is 65.7 Å². The van der Waals surface area contributed by atoms with Crippen LogP contribution in [0.2, 0.25) is 0 Å². The second kappa shape index (κ2) is 10.8. The minimum atomic E-state index is -0.967. The van der Waals surface area contributed by atoms with Crippen LogP contribution in [0, 0.1) is 5.92 Å². The van der Waals surface area contributed by atoms with Gasteiger partial charge in [0.25, 0.3) is 0 Å². The van der Waals surface area contributed by atoms with Gasteiger partial charge in [-0.1, -0.05) is 56.3 Å². The number of nitrogens with one attached hydrogen (secondary N) is 2. The van der Waals surface area contributed by atoms with Gasteiger partial charge in [0.05, 0.1) is 0 Å². The Labute approximate surface area is 175 Å². The summed E-state index contributed by atoms with van der Waals surface area (Å²) in [7, 11) is 0. The summed E-state index contributed by atoms with van der Waals surface area (Å²) < 4.78 is 5.17. The van der Waals surface area contributed by atoms with E-state index in [2.05, 4.69) is 10.6 Å². The van der Waals surface area contributed by atoms with Crippen LogP contribution in [0.15, 0.2) is 54.6 Å². The number of phenols is 1. The third-order valence-corrected chi connectivity index (χ3v) is 4.47. The number of phenolic OH excluding ortho intramolecular Hbond substituents is 1. The van der Waals surface area contributed by atoms with Crippen LogP contribution >= 0.6 is 0 Å². The highest BCUT2D eigenvalue weighted by molar-refractivity contribution is 5.91. The molecule has 8 nitrogen and oxygen atoms in total. The van der Waals surface area contributed by atoms with Crippen molar-refractivity contribution in [2.24, 2.45) is 11.7 Å². The summed E-state index contributed by atoms with van der Waals surface area (Å²) in [5, 5.41) is 14.5. The number of aromatic hydroxyl groups is 1. The number of carbonyl (C=O) groups excluding carboxylic acids is 3. The normalized spacial score (nSPS) is 12.6. The monoisotopic (exact) mass is 413 g/mol. The molecule has 2 aromatic carbocycles. The van der Waals surface area contributed by atoms with E-state index in [1.54, 1.807) is 26.0 Å². The number of hydrogen-bond acceptors (Lipinski definition) is 5. The van der Waals surface area contributed by atoms with Crippen molar-refractivity contribution in [1.29, 1.82) is 0 Å². The van der Waals surface area contributed by atoms with E-state index in [1.807, 2.05) is 30.3 Å². The zero-order valence-corrected chi connectivity index (χ0v) is 17.0. The molecule has 0 fully saturated rings. The maximum Gasteiger partial charge on any atom is 0.408 e. The number of amides is 3. The van der Waals surface area contributed by atoms with Crippen LogP contribution in [0.1, 0.15) is 25.0 Å². The Morgan fingerprint density at radius 3 is 2.17 bits per heavy atom. The van der Waals surface area contributed by atoms with Crippen LogP contribution in [0.25, 0.3) is 0 Å². The standard InChI is InChI=1S/C22H27N3O5/c1-14(2)19(25-22(29)30-13-16-6-4-3-5-7-16)21(28)24-18(20(23)27)12-15-8-10-17(26)11-9-15/h3-11,14,18-19,26H,12-13H2,1-2H3,(H2,23,27)(H,24,28)(H,25,29)/t18-,19+/m1/s1. The highest BCUT2D eigenvalue weighted by atomic mass is 16.5. The van der Waals surface area contributed by atoms with Gasteiger partial charge in [-0.05, 0) is 29.2 Å². The fourth-order valence-electron chi connectivity index (χ4n) is 2.78. The number of nitrogens with two attached hydrogens (primary N) is 1. The first-order valence-electron chi connectivity index (χ1n) is 9.61. The lowest BCUT2D eigenvalue weighted by molar-refractivity contribution is -0.129. The van der Waals surface area contributed by atoms with Gasteiger partial charge in [-0.25, -0.2) is 4.79 Å². The molecule has 8 heteroatoms. The lowest BCUT2D eigenvalue weighted by Crippen LogP contribution is -2.55. The molecular weight excluding hydrogens is 386 g/mol. The molecule has 0 bridgehead atoms. The zero-order valence-electron chi connectivity index (χ0n) is 17.0. The molecule has 0 saturated heterocycles. The van der Waals surface area contributed by atoms with Crippen LogP contribution < -0.4 is 16.4 Å². The molecule has 0 aliphatic carbocycles. The minimum absolute atomic E-state index is 0.0733. The van der Waals surface area contributed by atoms with Gasteiger partial charge in [0, 0.05) is 6.42 Å². The van der Waals surface area contributed by atoms with Gasteiger partial charge in [-0.3, -0.25) is 9.59 Å². The molecule has 0 aromatic heterocycles. The molecule has 0 spiro atoms. The molecule has 30 heavy (non-hydrogen) atoms. The second-order valence-electron chi connectivity index (χ2n) is 7.26. The summed E-state index contributed by atoms with van der Waals surface area (Å²) >= 11 is 0. The Hall–Kier alpha value is -3.55. The van der Waals surface area contributed by atoms with E-state index in [1.165, 1.54) is 12.1 Å². The van der Waals surface area contributed by atoms with E-state index in [0.717, 1.165) is 5.56 Å². The summed E-state index contributed by atoms with van der Waals surface area (Å²) in [6, 6.07) is 13.5. The predicted molar refractivity (Wildman–Crippen MR) is 111 cm³/mol. The minimum Gasteiger partial charge on any atom is -0.508 e. The third-order valence-electron chi connectivity index (χ3n) is 4.47. The molecule has 0 radical (unpaired) electrons. The number of alkyl carbamates (subject to hydrolysis) is 1. The van der Waals surface area contributed by atoms with Crippen LogP contribution in [0.5, 0.6) is 5.75 Å². The van der Waals surface area contributed by atoms with Crippen molar-refractivity contribution in [2.45, 2.75) is 39.0 Å². The van der Waals surface area contributed by atoms with Gasteiger partial charge < -0.3 is 26.2 Å². The first-order chi connectivity index (χ1) is 14.3. The number of carbonyl (C=O) groups is 3. The van der Waals surface area contributed by atoms with Gasteiger partial charge in [0.15, 0.2) is 0 Å². The molecule has 0 aliphatic heterocycles. The zero-order chi connectivity index (χ0) is 22.1. The van der Waals surface area contributed by atoms with Gasteiger partial charge in [-0.15, -0.1) is 0 Å². The highest BCUT2D eigenvalue weighted by Gasteiger charge is 2.28. The van der Waals surface area contributed by atoms with Gasteiger partial charge in [0.1, 0.15) is 24.4 Å². The van der Waals surface area contributed by atoms with Crippen molar-refractivity contribution >= 4 is 17.9 Å². The predicted octanol–water partition coefficient (Wildman–Crippen LogP) is 1.86. The van der Waals surface area contributed by atoms with Crippen LogP contribution in [0.3, 0.4) is 0 Å². The van der Waals surface area contributed by atoms with Crippen molar-refractivity contribution in [3.63, 3.8) is 0 Å². The Kier molecular flexibility index (Phi) is 8.22. The van der Waals surface area contributed by atoms with Gasteiger partial charge in [-0.2, -0.15) is 0 Å². The van der Waals surface area contributed by atoms with Crippen molar-refractivity contribution in [1.82, 2.24) is 10.6 Å². The smallest absolute Gasteiger partial charge is 0.408 e. The lowest BCUT2D eigenvalue weighted by Gasteiger charge is -2.24. The molecule has 2 rings (SSSR count). The van der Waals surface area contributed by atoms with Crippen LogP contribution in [0.4, 0.5) is 4.79 Å². The first-order valence-corrected chi connectivity index (χ1v) is 9.61. The van der Waals surface area contributed by atoms with Crippen molar-refractivity contribution < 1.29 is 24.2 Å². The first kappa shape index (κ1) is 22.7. The number of rotatable bonds is 9. The number of ether oxygens (including phenoxy) is 1. The Bertz CT molecular complexity index is 853. The lowest BCUT2D eigenvalue weighted by atomic mass is 10.0. The Morgan fingerprint density at radius 2 is 1.60 bits per heavy atom. The largest absolute Gasteiger partial charge is 0.508 e. The maximum absolute atomic E-state index is 12.7. The summed E-state index contributed by atoms with van der Waals surface area (Å²) in [5.74, 6) is -1.40. The molecule has 3 amide bonds. The van der Waals surface area contributed by atoms with Gasteiger partial charge in [0.2, 0.25) is 11.8 Å². The molecule has 2 atom stereocenters. The SMILES string of the molecule is CC(C)[C@H](NC(=O)OCc1ccccc1)C(=O)N[C@H](Cc1ccc(O)cc1)C(N)=O. The third kappa shape index (κ3) is 7.12. The summed E-state index contributed by atoms with van der Waals surface area (Å²) in [5.41, 5.74) is 6.97. The number of primary amides is 1. The average Bonchev–Trinajstić information content (AvgIpc) is 2.71. The molecule has 0 heterocycles. The topological polar surface area (TPSA) is 131 Å². The molecule has 2 aromatic rings. The number of hydrogen-bond donors (Lipinski definition) is 4. The summed E-state index contributed by atoms with van der Waals surface area (Å²) in [6.45, 7) is 3.60. The fraction of sp³-hybridized carbons (Fsp3) is 0.318. The molecule has 0 saturated carbocycles.